The number of aryl methyl sites for hydroxylation is 1. The van der Waals surface area contributed by atoms with Gasteiger partial charge in [0.2, 0.25) is 10.0 Å². The summed E-state index contributed by atoms with van der Waals surface area (Å²) in [6, 6.07) is 7.14. The van der Waals surface area contributed by atoms with Crippen LogP contribution in [0.1, 0.15) is 39.2 Å². The number of benzene rings is 1. The lowest BCUT2D eigenvalue weighted by atomic mass is 10.1. The van der Waals surface area contributed by atoms with Crippen LogP contribution in [0.15, 0.2) is 29.2 Å². The highest BCUT2D eigenvalue weighted by molar-refractivity contribution is 7.89. The average molecular weight is 318 g/mol. The fraction of sp³-hybridized carbons (Fsp3) is 0.600. The fourth-order valence-electron chi connectivity index (χ4n) is 2.12. The summed E-state index contributed by atoms with van der Waals surface area (Å²) in [4.78, 5) is 0.362. The highest BCUT2D eigenvalue weighted by atomic mass is 35.5. The maximum Gasteiger partial charge on any atom is 0.243 e. The molecule has 0 fully saturated rings. The number of alkyl halides is 1. The molecule has 0 spiro atoms. The first-order chi connectivity index (χ1) is 9.43. The molecule has 1 aromatic carbocycles. The van der Waals surface area contributed by atoms with E-state index in [4.69, 9.17) is 11.6 Å². The van der Waals surface area contributed by atoms with E-state index in [-0.39, 0.29) is 6.04 Å². The predicted octanol–water partition coefficient (Wildman–Crippen LogP) is 3.67. The summed E-state index contributed by atoms with van der Waals surface area (Å²) in [6.45, 7) is 6.34. The monoisotopic (exact) mass is 317 g/mol. The van der Waals surface area contributed by atoms with E-state index in [1.54, 1.807) is 12.1 Å². The molecule has 0 unspecified atom stereocenters. The number of nitrogens with zero attached hydrogens (tertiary/aromatic N) is 1. The lowest BCUT2D eigenvalue weighted by molar-refractivity contribution is 0.354. The van der Waals surface area contributed by atoms with E-state index in [1.165, 1.54) is 9.87 Å². The van der Waals surface area contributed by atoms with Crippen LogP contribution in [0.2, 0.25) is 0 Å². The van der Waals surface area contributed by atoms with E-state index in [2.05, 4.69) is 6.92 Å². The van der Waals surface area contributed by atoms with Gasteiger partial charge in [0, 0.05) is 18.5 Å². The standard InChI is InChI=1S/C15H24ClNO2S/c1-4-6-14-7-9-15(10-8-14)20(18,19)17(13(2)3)12-5-11-16/h7-10,13H,4-6,11-12H2,1-3H3. The molecule has 0 aliphatic rings. The molecular weight excluding hydrogens is 294 g/mol. The van der Waals surface area contributed by atoms with Gasteiger partial charge < -0.3 is 0 Å². The van der Waals surface area contributed by atoms with Crippen molar-refractivity contribution in [3.63, 3.8) is 0 Å². The molecule has 1 aromatic rings. The molecule has 0 bridgehead atoms. The summed E-state index contributed by atoms with van der Waals surface area (Å²) in [5, 5.41) is 0. The summed E-state index contributed by atoms with van der Waals surface area (Å²) in [7, 11) is -3.43. The third kappa shape index (κ3) is 4.47. The second kappa shape index (κ2) is 8.01. The second-order valence-corrected chi connectivity index (χ2v) is 7.41. The van der Waals surface area contributed by atoms with Crippen molar-refractivity contribution in [3.05, 3.63) is 29.8 Å². The van der Waals surface area contributed by atoms with E-state index in [9.17, 15) is 8.42 Å². The molecule has 114 valence electrons. The van der Waals surface area contributed by atoms with Gasteiger partial charge in [0.05, 0.1) is 4.90 Å². The molecule has 0 saturated heterocycles. The Bertz CT molecular complexity index is 497. The van der Waals surface area contributed by atoms with Gasteiger partial charge in [-0.25, -0.2) is 8.42 Å². The van der Waals surface area contributed by atoms with Gasteiger partial charge >= 0.3 is 0 Å². The maximum atomic E-state index is 12.6. The van der Waals surface area contributed by atoms with Crippen LogP contribution < -0.4 is 0 Å². The maximum absolute atomic E-state index is 12.6. The Balaban J connectivity index is 3.00. The lowest BCUT2D eigenvalue weighted by Gasteiger charge is -2.25. The first-order valence-electron chi connectivity index (χ1n) is 7.10. The highest BCUT2D eigenvalue weighted by Gasteiger charge is 2.26. The van der Waals surface area contributed by atoms with Crippen molar-refractivity contribution >= 4 is 21.6 Å². The molecule has 0 atom stereocenters. The van der Waals surface area contributed by atoms with Gasteiger partial charge in [0.15, 0.2) is 0 Å². The van der Waals surface area contributed by atoms with Gasteiger partial charge in [-0.05, 0) is 44.4 Å². The molecule has 20 heavy (non-hydrogen) atoms. The Morgan fingerprint density at radius 2 is 1.80 bits per heavy atom. The molecular formula is C15H24ClNO2S. The van der Waals surface area contributed by atoms with E-state index >= 15 is 0 Å². The lowest BCUT2D eigenvalue weighted by Crippen LogP contribution is -2.37. The van der Waals surface area contributed by atoms with Gasteiger partial charge in [-0.15, -0.1) is 11.6 Å². The quantitative estimate of drug-likeness (QED) is 0.686. The topological polar surface area (TPSA) is 37.4 Å². The van der Waals surface area contributed by atoms with Crippen LogP contribution in [0.3, 0.4) is 0 Å². The van der Waals surface area contributed by atoms with E-state index in [0.717, 1.165) is 12.8 Å². The van der Waals surface area contributed by atoms with Gasteiger partial charge in [0.25, 0.3) is 0 Å². The summed E-state index contributed by atoms with van der Waals surface area (Å²) >= 11 is 5.68. The van der Waals surface area contributed by atoms with Crippen LogP contribution >= 0.6 is 11.6 Å². The van der Waals surface area contributed by atoms with Gasteiger partial charge in [-0.3, -0.25) is 0 Å². The Morgan fingerprint density at radius 3 is 2.25 bits per heavy atom. The highest BCUT2D eigenvalue weighted by Crippen LogP contribution is 2.19. The number of hydrogen-bond acceptors (Lipinski definition) is 2. The van der Waals surface area contributed by atoms with Crippen molar-refractivity contribution in [1.29, 1.82) is 0 Å². The second-order valence-electron chi connectivity index (χ2n) is 5.15. The van der Waals surface area contributed by atoms with Gasteiger partial charge in [-0.2, -0.15) is 4.31 Å². The zero-order chi connectivity index (χ0) is 15.2. The molecule has 0 aliphatic heterocycles. The molecule has 0 heterocycles. The number of hydrogen-bond donors (Lipinski definition) is 0. The Morgan fingerprint density at radius 1 is 1.20 bits per heavy atom. The van der Waals surface area contributed by atoms with Crippen molar-refractivity contribution in [3.8, 4) is 0 Å². The first kappa shape index (κ1) is 17.5. The zero-order valence-electron chi connectivity index (χ0n) is 12.5. The van der Waals surface area contributed by atoms with Crippen LogP contribution in [-0.4, -0.2) is 31.2 Å². The summed E-state index contributed by atoms with van der Waals surface area (Å²) in [5.74, 6) is 0.466. The van der Waals surface area contributed by atoms with Gasteiger partial charge in [0.1, 0.15) is 0 Å². The Hall–Kier alpha value is -0.580. The minimum atomic E-state index is -3.43. The van der Waals surface area contributed by atoms with E-state index in [0.29, 0.717) is 23.7 Å². The minimum absolute atomic E-state index is 0.0708. The van der Waals surface area contributed by atoms with Crippen LogP contribution in [0.5, 0.6) is 0 Å². The SMILES string of the molecule is CCCc1ccc(S(=O)(=O)N(CCCCl)C(C)C)cc1. The number of rotatable bonds is 8. The smallest absolute Gasteiger partial charge is 0.207 e. The van der Waals surface area contributed by atoms with Gasteiger partial charge in [-0.1, -0.05) is 25.5 Å². The normalized spacial score (nSPS) is 12.3. The fourth-order valence-corrected chi connectivity index (χ4v) is 3.92. The van der Waals surface area contributed by atoms with Crippen LogP contribution in [-0.2, 0) is 16.4 Å². The van der Waals surface area contributed by atoms with Crippen molar-refractivity contribution in [2.45, 2.75) is 51.0 Å². The summed E-state index contributed by atoms with van der Waals surface area (Å²) in [6.07, 6.45) is 2.69. The molecule has 0 aliphatic carbocycles. The molecule has 1 rings (SSSR count). The molecule has 5 heteroatoms. The average Bonchev–Trinajstić information content (AvgIpc) is 2.39. The first-order valence-corrected chi connectivity index (χ1v) is 9.07. The molecule has 0 saturated carbocycles. The summed E-state index contributed by atoms with van der Waals surface area (Å²) < 4.78 is 26.8. The van der Waals surface area contributed by atoms with E-state index < -0.39 is 10.0 Å². The molecule has 3 nitrogen and oxygen atoms in total. The molecule has 0 radical (unpaired) electrons. The van der Waals surface area contributed by atoms with Crippen LogP contribution in [0.25, 0.3) is 0 Å². The third-order valence-electron chi connectivity index (χ3n) is 3.16. The van der Waals surface area contributed by atoms with E-state index in [1.807, 2.05) is 26.0 Å². The molecule has 0 N–H and O–H groups in total. The van der Waals surface area contributed by atoms with Crippen LogP contribution in [0, 0.1) is 0 Å². The predicted molar refractivity (Wildman–Crippen MR) is 84.8 cm³/mol. The Labute approximate surface area is 128 Å². The molecule has 0 amide bonds. The van der Waals surface area contributed by atoms with Crippen molar-refractivity contribution in [2.24, 2.45) is 0 Å². The Kier molecular flexibility index (Phi) is 7.00. The number of sulfonamides is 1. The third-order valence-corrected chi connectivity index (χ3v) is 5.51. The summed E-state index contributed by atoms with van der Waals surface area (Å²) in [5.41, 5.74) is 1.17. The van der Waals surface area contributed by atoms with Crippen molar-refractivity contribution in [2.75, 3.05) is 12.4 Å². The van der Waals surface area contributed by atoms with Crippen LogP contribution in [0.4, 0.5) is 0 Å². The van der Waals surface area contributed by atoms with Crippen molar-refractivity contribution < 1.29 is 8.42 Å². The largest absolute Gasteiger partial charge is 0.243 e. The molecule has 0 aromatic heterocycles. The zero-order valence-corrected chi connectivity index (χ0v) is 14.0. The number of halogens is 1. The minimum Gasteiger partial charge on any atom is -0.207 e. The van der Waals surface area contributed by atoms with Crippen molar-refractivity contribution in [1.82, 2.24) is 4.31 Å².